The van der Waals surface area contributed by atoms with E-state index in [0.717, 1.165) is 44.4 Å². The van der Waals surface area contributed by atoms with E-state index < -0.39 is 11.7 Å². The van der Waals surface area contributed by atoms with E-state index >= 15 is 0 Å². The van der Waals surface area contributed by atoms with Crippen LogP contribution in [0.2, 0.25) is 5.02 Å². The zero-order valence-electron chi connectivity index (χ0n) is 25.9. The maximum atomic E-state index is 13.8. The van der Waals surface area contributed by atoms with Crippen LogP contribution < -0.4 is 25.4 Å². The van der Waals surface area contributed by atoms with Gasteiger partial charge in [0.15, 0.2) is 23.0 Å². The number of amides is 1. The first-order chi connectivity index (χ1) is 22.4. The predicted octanol–water partition coefficient (Wildman–Crippen LogP) is 5.36. The summed E-state index contributed by atoms with van der Waals surface area (Å²) < 4.78 is 54.8. The predicted molar refractivity (Wildman–Crippen MR) is 170 cm³/mol. The van der Waals surface area contributed by atoms with E-state index in [0.29, 0.717) is 11.3 Å². The highest BCUT2D eigenvalue weighted by molar-refractivity contribution is 6.36. The molecule has 16 heteroatoms. The highest BCUT2D eigenvalue weighted by Gasteiger charge is 2.34. The molecule has 12 nitrogen and oxygen atoms in total. The Kier molecular flexibility index (Phi) is 8.85. The largest absolute Gasteiger partial charge is 0.492 e. The molecule has 4 heterocycles. The summed E-state index contributed by atoms with van der Waals surface area (Å²) in [5.41, 5.74) is 5.98. The Morgan fingerprint density at radius 3 is 2.57 bits per heavy atom. The highest BCUT2D eigenvalue weighted by Crippen LogP contribution is 2.38. The van der Waals surface area contributed by atoms with Gasteiger partial charge in [0.05, 0.1) is 24.2 Å². The van der Waals surface area contributed by atoms with E-state index in [4.69, 9.17) is 26.8 Å². The third-order valence-corrected chi connectivity index (χ3v) is 8.64. The molecule has 0 bridgehead atoms. The molecule has 1 aromatic carbocycles. The van der Waals surface area contributed by atoms with Gasteiger partial charge in [0.1, 0.15) is 28.6 Å². The lowest BCUT2D eigenvalue weighted by Crippen LogP contribution is -2.30. The van der Waals surface area contributed by atoms with E-state index in [-0.39, 0.29) is 69.7 Å². The van der Waals surface area contributed by atoms with Crippen molar-refractivity contribution in [1.29, 1.82) is 0 Å². The van der Waals surface area contributed by atoms with Crippen LogP contribution in [0.25, 0.3) is 16.9 Å². The van der Waals surface area contributed by atoms with E-state index in [1.54, 1.807) is 18.7 Å². The van der Waals surface area contributed by atoms with Crippen LogP contribution in [0.15, 0.2) is 43.0 Å². The van der Waals surface area contributed by atoms with Gasteiger partial charge in [-0.1, -0.05) is 11.6 Å². The molecule has 0 spiro atoms. The van der Waals surface area contributed by atoms with Crippen molar-refractivity contribution in [1.82, 2.24) is 29.4 Å². The number of imidazole rings is 1. The number of nitrogens with zero attached hydrogens (tertiary/aromatic N) is 7. The number of aryl methyl sites for hydroxylation is 1. The molecule has 47 heavy (non-hydrogen) atoms. The normalized spacial score (nSPS) is 17.3. The lowest BCUT2D eigenvalue weighted by molar-refractivity contribution is -0.137. The number of likely N-dealkylation sites (tertiary alicyclic amines) is 1. The third kappa shape index (κ3) is 6.90. The van der Waals surface area contributed by atoms with Gasteiger partial charge in [0, 0.05) is 44.0 Å². The van der Waals surface area contributed by atoms with E-state index in [1.807, 2.05) is 7.05 Å². The molecule has 1 amide bonds. The van der Waals surface area contributed by atoms with Crippen molar-refractivity contribution in [3.63, 3.8) is 0 Å². The molecule has 6 rings (SSSR count). The van der Waals surface area contributed by atoms with E-state index in [2.05, 4.69) is 30.2 Å². The molecule has 3 aromatic heterocycles. The summed E-state index contributed by atoms with van der Waals surface area (Å²) in [6.07, 6.45) is 4.50. The van der Waals surface area contributed by atoms with Crippen molar-refractivity contribution in [2.45, 2.75) is 37.9 Å². The minimum Gasteiger partial charge on any atom is -0.492 e. The number of nitrogens with two attached hydrogens (primary N) is 1. The number of fused-ring (bicyclic) bond motifs is 1. The molecule has 2 aliphatic rings. The summed E-state index contributed by atoms with van der Waals surface area (Å²) in [7, 11) is 5.26. The molecule has 4 aromatic rings. The molecule has 1 atom stereocenters. The third-order valence-electron chi connectivity index (χ3n) is 8.27. The molecule has 1 saturated carbocycles. The summed E-state index contributed by atoms with van der Waals surface area (Å²) in [5, 5.41) is 3.08. The number of alkyl halides is 3. The van der Waals surface area contributed by atoms with Gasteiger partial charge in [-0.25, -0.2) is 15.0 Å². The second-order valence-corrected chi connectivity index (χ2v) is 12.0. The zero-order valence-corrected chi connectivity index (χ0v) is 26.6. The van der Waals surface area contributed by atoms with E-state index in [1.165, 1.54) is 35.8 Å². The standard InChI is InChI=1S/C31H33ClF3N9O3/c1-42-8-4-5-20(42)16-46-21-10-18(31(33,34)35)9-19(11-21)40-30-41-28-27(44(30)3)26(32)24(14-39-28)47-23(12-36)22-13-38-25(15-37-22)43(2)29(45)17-6-7-17/h9-15,17,20H,4-8,16,36H2,1-3H3,(H,39,40,41)/t20-/m1/s1. The Balaban J connectivity index is 1.22. The Bertz CT molecular complexity index is 1830. The number of pyridine rings is 1. The number of ether oxygens (including phenoxy) is 2. The van der Waals surface area contributed by atoms with Crippen molar-refractivity contribution in [3.8, 4) is 11.5 Å². The SMILES string of the molecule is CN(C(=O)C1CC1)c1cnc(C(=CN)Oc2cnc3nc(Nc4cc(OC[C@H]5CCCN5C)cc(C(F)(F)F)c4)n(C)c3c2Cl)cn1. The highest BCUT2D eigenvalue weighted by atomic mass is 35.5. The minimum atomic E-state index is -4.59. The van der Waals surface area contributed by atoms with Gasteiger partial charge in [0.25, 0.3) is 0 Å². The Labute approximate surface area is 273 Å². The number of carbonyl (C=O) groups is 1. The molecule has 2 fully saturated rings. The minimum absolute atomic E-state index is 0.0109. The van der Waals surface area contributed by atoms with Crippen LogP contribution in [-0.2, 0) is 18.0 Å². The molecule has 0 radical (unpaired) electrons. The Hall–Kier alpha value is -4.63. The van der Waals surface area contributed by atoms with Gasteiger partial charge >= 0.3 is 6.18 Å². The molecule has 1 aliphatic carbocycles. The summed E-state index contributed by atoms with van der Waals surface area (Å²) in [6, 6.07) is 3.61. The van der Waals surface area contributed by atoms with Crippen molar-refractivity contribution in [2.75, 3.05) is 37.5 Å². The number of nitrogens with one attached hydrogen (secondary N) is 1. The van der Waals surface area contributed by atoms with Crippen LogP contribution in [0.4, 0.5) is 30.6 Å². The van der Waals surface area contributed by atoms with Gasteiger partial charge in [-0.05, 0) is 51.4 Å². The number of likely N-dealkylation sites (N-methyl/N-ethyl adjacent to an activating group) is 1. The fraction of sp³-hybridized carbons (Fsp3) is 0.387. The maximum Gasteiger partial charge on any atom is 0.416 e. The van der Waals surface area contributed by atoms with Crippen LogP contribution in [0, 0.1) is 5.92 Å². The molecular formula is C31H33ClF3N9O3. The summed E-state index contributed by atoms with van der Waals surface area (Å²) in [6.45, 7) is 1.20. The van der Waals surface area contributed by atoms with Crippen molar-refractivity contribution >= 4 is 51.9 Å². The number of anilines is 3. The number of benzene rings is 1. The van der Waals surface area contributed by atoms with Crippen LogP contribution >= 0.6 is 11.6 Å². The van der Waals surface area contributed by atoms with Crippen LogP contribution in [0.3, 0.4) is 0 Å². The monoisotopic (exact) mass is 671 g/mol. The van der Waals surface area contributed by atoms with Crippen molar-refractivity contribution in [3.05, 3.63) is 59.3 Å². The number of rotatable bonds is 10. The second kappa shape index (κ2) is 12.9. The van der Waals surface area contributed by atoms with Crippen molar-refractivity contribution in [2.24, 2.45) is 18.7 Å². The Morgan fingerprint density at radius 2 is 1.94 bits per heavy atom. The second-order valence-electron chi connectivity index (χ2n) is 11.6. The lowest BCUT2D eigenvalue weighted by atomic mass is 10.1. The van der Waals surface area contributed by atoms with Gasteiger partial charge in [-0.3, -0.25) is 9.69 Å². The number of hydrogen-bond acceptors (Lipinski definition) is 10. The quantitative estimate of drug-likeness (QED) is 0.212. The molecular weight excluding hydrogens is 639 g/mol. The van der Waals surface area contributed by atoms with E-state index in [9.17, 15) is 18.0 Å². The molecule has 1 saturated heterocycles. The van der Waals surface area contributed by atoms with Crippen molar-refractivity contribution < 1.29 is 27.4 Å². The first-order valence-electron chi connectivity index (χ1n) is 15.0. The Morgan fingerprint density at radius 1 is 1.15 bits per heavy atom. The summed E-state index contributed by atoms with van der Waals surface area (Å²) >= 11 is 6.74. The number of carbonyl (C=O) groups excluding carboxylic acids is 1. The van der Waals surface area contributed by atoms with Crippen LogP contribution in [0.5, 0.6) is 11.5 Å². The zero-order chi connectivity index (χ0) is 33.5. The smallest absolute Gasteiger partial charge is 0.416 e. The molecule has 0 unspecified atom stereocenters. The fourth-order valence-electron chi connectivity index (χ4n) is 5.35. The van der Waals surface area contributed by atoms with Gasteiger partial charge in [-0.15, -0.1) is 0 Å². The number of hydrogen-bond donors (Lipinski definition) is 2. The van der Waals surface area contributed by atoms with Crippen LogP contribution in [0.1, 0.15) is 36.9 Å². The van der Waals surface area contributed by atoms with Crippen LogP contribution in [-0.4, -0.2) is 68.6 Å². The fourth-order valence-corrected chi connectivity index (χ4v) is 5.65. The number of halogens is 4. The van der Waals surface area contributed by atoms with Gasteiger partial charge in [-0.2, -0.15) is 18.2 Å². The van der Waals surface area contributed by atoms with Gasteiger partial charge in [0.2, 0.25) is 11.9 Å². The average Bonchev–Trinajstić information content (AvgIpc) is 3.75. The maximum absolute atomic E-state index is 13.8. The lowest BCUT2D eigenvalue weighted by Gasteiger charge is -2.20. The topological polar surface area (TPSA) is 137 Å². The summed E-state index contributed by atoms with van der Waals surface area (Å²) in [4.78, 5) is 33.4. The summed E-state index contributed by atoms with van der Waals surface area (Å²) in [5.74, 6) is 0.942. The molecule has 1 aliphatic heterocycles. The number of aromatic nitrogens is 5. The molecule has 248 valence electrons. The molecule has 3 N–H and O–H groups in total. The average molecular weight is 672 g/mol. The van der Waals surface area contributed by atoms with Gasteiger partial charge < -0.3 is 30.0 Å². The first kappa shape index (κ1) is 32.3. The first-order valence-corrected chi connectivity index (χ1v) is 15.3.